The summed E-state index contributed by atoms with van der Waals surface area (Å²) in [4.78, 5) is 27.1. The van der Waals surface area contributed by atoms with Crippen LogP contribution in [0, 0.1) is 5.82 Å². The van der Waals surface area contributed by atoms with Crippen LogP contribution in [-0.2, 0) is 24.3 Å². The molecule has 7 heteroatoms. The van der Waals surface area contributed by atoms with Crippen LogP contribution < -0.4 is 5.76 Å². The van der Waals surface area contributed by atoms with E-state index in [0.29, 0.717) is 25.1 Å². The fourth-order valence-corrected chi connectivity index (χ4v) is 3.35. The first-order valence-electron chi connectivity index (χ1n) is 10.3. The van der Waals surface area contributed by atoms with E-state index in [2.05, 4.69) is 5.10 Å². The minimum Gasteiger partial charge on any atom is -0.388 e. The van der Waals surface area contributed by atoms with Crippen LogP contribution in [0.25, 0.3) is 11.5 Å². The highest BCUT2D eigenvalue weighted by Gasteiger charge is 2.19. The lowest BCUT2D eigenvalue weighted by Crippen LogP contribution is -2.37. The molecule has 0 aliphatic rings. The molecule has 0 atom stereocenters. The number of benzene rings is 3. The zero-order chi connectivity index (χ0) is 22.3. The average Bonchev–Trinajstić information content (AvgIpc) is 3.18. The monoisotopic (exact) mass is 431 g/mol. The Morgan fingerprint density at radius 1 is 0.906 bits per heavy atom. The summed E-state index contributed by atoms with van der Waals surface area (Å²) in [6.07, 6.45) is 0.688. The molecule has 0 N–H and O–H groups in total. The van der Waals surface area contributed by atoms with Gasteiger partial charge in [0.05, 0.1) is 0 Å². The summed E-state index contributed by atoms with van der Waals surface area (Å²) < 4.78 is 19.3. The van der Waals surface area contributed by atoms with E-state index in [1.54, 1.807) is 4.90 Å². The van der Waals surface area contributed by atoms with Crippen molar-refractivity contribution in [3.8, 4) is 11.5 Å². The molecule has 0 unspecified atom stereocenters. The van der Waals surface area contributed by atoms with E-state index < -0.39 is 11.6 Å². The minimum absolute atomic E-state index is 0.0432. The average molecular weight is 431 g/mol. The van der Waals surface area contributed by atoms with E-state index in [0.717, 1.165) is 15.8 Å². The van der Waals surface area contributed by atoms with Crippen LogP contribution in [0.2, 0.25) is 0 Å². The molecule has 0 aliphatic carbocycles. The minimum atomic E-state index is -0.736. The molecule has 32 heavy (non-hydrogen) atoms. The molecule has 0 radical (unpaired) electrons. The number of rotatable bonds is 8. The van der Waals surface area contributed by atoms with Gasteiger partial charge in [0.25, 0.3) is 0 Å². The van der Waals surface area contributed by atoms with Gasteiger partial charge in [0.1, 0.15) is 12.4 Å². The van der Waals surface area contributed by atoms with Crippen molar-refractivity contribution in [2.45, 2.75) is 19.5 Å². The van der Waals surface area contributed by atoms with Gasteiger partial charge in [0, 0.05) is 18.7 Å². The van der Waals surface area contributed by atoms with Gasteiger partial charge >= 0.3 is 5.76 Å². The molecule has 1 amide bonds. The zero-order valence-corrected chi connectivity index (χ0v) is 17.4. The van der Waals surface area contributed by atoms with Gasteiger partial charge in [-0.05, 0) is 41.8 Å². The lowest BCUT2D eigenvalue weighted by Gasteiger charge is -2.23. The summed E-state index contributed by atoms with van der Waals surface area (Å²) in [6, 6.07) is 25.0. The van der Waals surface area contributed by atoms with Crippen molar-refractivity contribution in [3.05, 3.63) is 112 Å². The fourth-order valence-electron chi connectivity index (χ4n) is 3.35. The van der Waals surface area contributed by atoms with E-state index in [9.17, 15) is 14.0 Å². The molecular formula is C25H22FN3O3. The SMILES string of the molecule is O=C(Cn1nc(-c2ccc(F)cc2)oc1=O)N(CCc1ccccc1)Cc1ccccc1. The van der Waals surface area contributed by atoms with Crippen molar-refractivity contribution < 1.29 is 13.6 Å². The molecule has 0 saturated carbocycles. The van der Waals surface area contributed by atoms with Gasteiger partial charge in [0.2, 0.25) is 11.8 Å². The maximum absolute atomic E-state index is 13.2. The van der Waals surface area contributed by atoms with Gasteiger partial charge in [-0.15, -0.1) is 5.10 Å². The van der Waals surface area contributed by atoms with Crippen molar-refractivity contribution in [1.29, 1.82) is 0 Å². The molecule has 0 fully saturated rings. The van der Waals surface area contributed by atoms with Crippen LogP contribution in [0.1, 0.15) is 11.1 Å². The van der Waals surface area contributed by atoms with Crippen molar-refractivity contribution in [1.82, 2.24) is 14.7 Å². The Morgan fingerprint density at radius 3 is 2.19 bits per heavy atom. The predicted octanol–water partition coefficient (Wildman–Crippen LogP) is 3.91. The highest BCUT2D eigenvalue weighted by Crippen LogP contribution is 2.16. The number of carbonyl (C=O) groups is 1. The molecule has 1 aromatic heterocycles. The van der Waals surface area contributed by atoms with Crippen molar-refractivity contribution in [2.75, 3.05) is 6.54 Å². The molecule has 4 aromatic rings. The maximum atomic E-state index is 13.2. The van der Waals surface area contributed by atoms with Gasteiger partial charge < -0.3 is 9.32 Å². The Bertz CT molecular complexity index is 1220. The molecule has 0 aliphatic heterocycles. The Balaban J connectivity index is 1.51. The number of amides is 1. The molecule has 0 saturated heterocycles. The standard InChI is InChI=1S/C25H22FN3O3/c26-22-13-11-21(12-14-22)24-27-29(25(31)32-24)18-23(30)28(17-20-9-5-2-6-10-20)16-15-19-7-3-1-4-8-19/h1-14H,15-18H2. The van der Waals surface area contributed by atoms with Crippen molar-refractivity contribution >= 4 is 5.91 Å². The number of aromatic nitrogens is 2. The maximum Gasteiger partial charge on any atom is 0.437 e. The first-order valence-corrected chi connectivity index (χ1v) is 10.3. The fraction of sp³-hybridized carbons (Fsp3) is 0.160. The van der Waals surface area contributed by atoms with Gasteiger partial charge in [-0.3, -0.25) is 4.79 Å². The summed E-state index contributed by atoms with van der Waals surface area (Å²) in [7, 11) is 0. The number of nitrogens with zero attached hydrogens (tertiary/aromatic N) is 3. The second-order valence-corrected chi connectivity index (χ2v) is 7.37. The number of carbonyl (C=O) groups excluding carboxylic acids is 1. The lowest BCUT2D eigenvalue weighted by atomic mass is 10.1. The van der Waals surface area contributed by atoms with Crippen LogP contribution >= 0.6 is 0 Å². The van der Waals surface area contributed by atoms with E-state index in [-0.39, 0.29) is 18.3 Å². The third-order valence-corrected chi connectivity index (χ3v) is 5.06. The summed E-state index contributed by atoms with van der Waals surface area (Å²) in [5.74, 6) is -1.34. The summed E-state index contributed by atoms with van der Waals surface area (Å²) in [5, 5.41) is 4.12. The molecule has 0 spiro atoms. The van der Waals surface area contributed by atoms with Crippen LogP contribution in [0.5, 0.6) is 0 Å². The molecular weight excluding hydrogens is 409 g/mol. The van der Waals surface area contributed by atoms with E-state index in [4.69, 9.17) is 4.42 Å². The summed E-state index contributed by atoms with van der Waals surface area (Å²) in [6.45, 7) is 0.671. The van der Waals surface area contributed by atoms with Crippen LogP contribution in [-0.4, -0.2) is 27.1 Å². The van der Waals surface area contributed by atoms with Crippen LogP contribution in [0.4, 0.5) is 4.39 Å². The Kier molecular flexibility index (Phi) is 6.55. The van der Waals surface area contributed by atoms with Gasteiger partial charge in [-0.2, -0.15) is 4.68 Å². The van der Waals surface area contributed by atoms with E-state index in [1.165, 1.54) is 24.3 Å². The predicted molar refractivity (Wildman–Crippen MR) is 118 cm³/mol. The quantitative estimate of drug-likeness (QED) is 0.424. The van der Waals surface area contributed by atoms with Crippen molar-refractivity contribution in [2.24, 2.45) is 0 Å². The van der Waals surface area contributed by atoms with E-state index >= 15 is 0 Å². The molecule has 1 heterocycles. The first-order chi connectivity index (χ1) is 15.6. The molecule has 6 nitrogen and oxygen atoms in total. The zero-order valence-electron chi connectivity index (χ0n) is 17.4. The second kappa shape index (κ2) is 9.87. The Labute approximate surface area is 184 Å². The lowest BCUT2D eigenvalue weighted by molar-refractivity contribution is -0.132. The van der Waals surface area contributed by atoms with E-state index in [1.807, 2.05) is 60.7 Å². The number of hydrogen-bond donors (Lipinski definition) is 0. The third-order valence-electron chi connectivity index (χ3n) is 5.06. The largest absolute Gasteiger partial charge is 0.437 e. The highest BCUT2D eigenvalue weighted by molar-refractivity contribution is 5.76. The third kappa shape index (κ3) is 5.37. The van der Waals surface area contributed by atoms with Gasteiger partial charge in [-0.1, -0.05) is 60.7 Å². The summed E-state index contributed by atoms with van der Waals surface area (Å²) in [5.41, 5.74) is 2.57. The van der Waals surface area contributed by atoms with Gasteiger partial charge in [0.15, 0.2) is 0 Å². The normalized spacial score (nSPS) is 10.8. The van der Waals surface area contributed by atoms with Crippen molar-refractivity contribution in [3.63, 3.8) is 0 Å². The molecule has 0 bridgehead atoms. The van der Waals surface area contributed by atoms with Crippen LogP contribution in [0.15, 0.2) is 94.1 Å². The molecule has 3 aromatic carbocycles. The number of hydrogen-bond acceptors (Lipinski definition) is 4. The first kappa shape index (κ1) is 21.2. The topological polar surface area (TPSA) is 68.3 Å². The Morgan fingerprint density at radius 2 is 1.53 bits per heavy atom. The van der Waals surface area contributed by atoms with Crippen LogP contribution in [0.3, 0.4) is 0 Å². The summed E-state index contributed by atoms with van der Waals surface area (Å²) >= 11 is 0. The van der Waals surface area contributed by atoms with Gasteiger partial charge in [-0.25, -0.2) is 9.18 Å². The Hall–Kier alpha value is -4.00. The molecule has 162 valence electrons. The molecule has 4 rings (SSSR count). The highest BCUT2D eigenvalue weighted by atomic mass is 19.1. The number of halogens is 1. The smallest absolute Gasteiger partial charge is 0.388 e. The second-order valence-electron chi connectivity index (χ2n) is 7.37.